The molecule has 1 N–H and O–H groups in total. The summed E-state index contributed by atoms with van der Waals surface area (Å²) >= 11 is 0. The Hall–Kier alpha value is 0.130. The largest absolute Gasteiger partial charge is 0.511 e. The molecule has 2 saturated carbocycles. The molecule has 0 aromatic heterocycles. The minimum absolute atomic E-state index is 0.119. The van der Waals surface area contributed by atoms with Crippen LogP contribution in [0, 0.1) is 0 Å². The first-order valence-corrected chi connectivity index (χ1v) is 10.6. The first kappa shape index (κ1) is 17.5. The molecule has 124 valence electrons. The number of hydrogen-bond acceptors (Lipinski definition) is 2. The van der Waals surface area contributed by atoms with Crippen molar-refractivity contribution in [2.75, 3.05) is 0 Å². The third kappa shape index (κ3) is 4.55. The van der Waals surface area contributed by atoms with Crippen molar-refractivity contribution in [2.45, 2.75) is 81.0 Å². The van der Waals surface area contributed by atoms with E-state index in [9.17, 15) is 21.6 Å². The molecule has 2 rings (SSSR count). The van der Waals surface area contributed by atoms with Crippen LogP contribution in [0.3, 0.4) is 0 Å². The maximum absolute atomic E-state index is 12.7. The maximum Gasteiger partial charge on any atom is 0.511 e. The van der Waals surface area contributed by atoms with Crippen LogP contribution in [0.1, 0.15) is 64.2 Å². The Morgan fingerprint density at radius 1 is 0.810 bits per heavy atom. The summed E-state index contributed by atoms with van der Waals surface area (Å²) < 4.78 is 63.2. The van der Waals surface area contributed by atoms with Gasteiger partial charge in [-0.1, -0.05) is 38.5 Å². The Balaban J connectivity index is 2.14. The zero-order valence-corrected chi connectivity index (χ0v) is 13.7. The summed E-state index contributed by atoms with van der Waals surface area (Å²) in [4.78, 5) is 0. The van der Waals surface area contributed by atoms with Gasteiger partial charge >= 0.3 is 15.5 Å². The molecule has 8 heteroatoms. The van der Waals surface area contributed by atoms with Crippen LogP contribution >= 0.6 is 8.07 Å². The van der Waals surface area contributed by atoms with E-state index in [1.54, 1.807) is 0 Å². The van der Waals surface area contributed by atoms with Crippen molar-refractivity contribution in [1.29, 1.82) is 0 Å². The van der Waals surface area contributed by atoms with Gasteiger partial charge in [0.25, 0.3) is 0 Å². The van der Waals surface area contributed by atoms with Crippen molar-refractivity contribution in [3.63, 3.8) is 0 Å². The molecule has 0 radical (unpaired) electrons. The molecule has 0 amide bonds. The quantitative estimate of drug-likeness (QED) is 0.763. The topological polar surface area (TPSA) is 46.2 Å². The first-order chi connectivity index (χ1) is 9.81. The van der Waals surface area contributed by atoms with Crippen LogP contribution in [0.15, 0.2) is 0 Å². The summed E-state index contributed by atoms with van der Waals surface area (Å²) in [5.41, 5.74) is -4.96. The summed E-state index contributed by atoms with van der Waals surface area (Å²) in [6, 6.07) is 0. The van der Waals surface area contributed by atoms with E-state index in [0.29, 0.717) is 0 Å². The van der Waals surface area contributed by atoms with E-state index in [0.717, 1.165) is 64.2 Å². The standard InChI is InChI=1S/C13H23F3NO2PS/c14-13(15,16)21(18,19)17-20(11-7-3-1-4-8-11)12-9-5-2-6-10-12/h11-12,17H,1-10H2. The summed E-state index contributed by atoms with van der Waals surface area (Å²) in [5, 5.41) is 0. The normalized spacial score (nSPS) is 23.6. The molecular formula is C13H23F3NO2PS. The second-order valence-electron chi connectivity index (χ2n) is 6.03. The molecule has 21 heavy (non-hydrogen) atoms. The van der Waals surface area contributed by atoms with E-state index in [-0.39, 0.29) is 11.3 Å². The lowest BCUT2D eigenvalue weighted by atomic mass is 10.00. The Kier molecular flexibility index (Phi) is 5.94. The van der Waals surface area contributed by atoms with E-state index >= 15 is 0 Å². The number of nitrogens with one attached hydrogen (secondary N) is 1. The minimum Gasteiger partial charge on any atom is -0.203 e. The van der Waals surface area contributed by atoms with Crippen molar-refractivity contribution >= 4 is 18.1 Å². The van der Waals surface area contributed by atoms with Crippen LogP contribution in [0.4, 0.5) is 13.2 Å². The van der Waals surface area contributed by atoms with Crippen molar-refractivity contribution in [2.24, 2.45) is 0 Å². The van der Waals surface area contributed by atoms with Crippen LogP contribution in [0.2, 0.25) is 0 Å². The summed E-state index contributed by atoms with van der Waals surface area (Å²) in [6.45, 7) is 0. The monoisotopic (exact) mass is 345 g/mol. The van der Waals surface area contributed by atoms with Gasteiger partial charge in [0.1, 0.15) is 0 Å². The van der Waals surface area contributed by atoms with E-state index in [4.69, 9.17) is 0 Å². The van der Waals surface area contributed by atoms with Crippen molar-refractivity contribution in [3.8, 4) is 0 Å². The lowest BCUT2D eigenvalue weighted by Gasteiger charge is -2.38. The second-order valence-corrected chi connectivity index (χ2v) is 10.5. The van der Waals surface area contributed by atoms with Crippen LogP contribution < -0.4 is 4.49 Å². The predicted octanol–water partition coefficient (Wildman–Crippen LogP) is 4.49. The summed E-state index contributed by atoms with van der Waals surface area (Å²) in [7, 11) is -6.52. The van der Waals surface area contributed by atoms with Crippen molar-refractivity contribution in [3.05, 3.63) is 0 Å². The molecule has 2 fully saturated rings. The maximum atomic E-state index is 12.7. The van der Waals surface area contributed by atoms with Crippen LogP contribution in [-0.2, 0) is 10.0 Å². The number of alkyl halides is 3. The minimum atomic E-state index is -5.22. The molecule has 2 aliphatic rings. The van der Waals surface area contributed by atoms with Gasteiger partial charge < -0.3 is 0 Å². The number of hydrogen-bond donors (Lipinski definition) is 1. The smallest absolute Gasteiger partial charge is 0.203 e. The van der Waals surface area contributed by atoms with Crippen molar-refractivity contribution in [1.82, 2.24) is 4.49 Å². The Morgan fingerprint density at radius 2 is 1.19 bits per heavy atom. The fourth-order valence-electron chi connectivity index (χ4n) is 3.36. The lowest BCUT2D eigenvalue weighted by molar-refractivity contribution is -0.0441. The van der Waals surface area contributed by atoms with Gasteiger partial charge in [0, 0.05) is 0 Å². The zero-order valence-electron chi connectivity index (χ0n) is 12.0. The number of rotatable bonds is 4. The van der Waals surface area contributed by atoms with E-state index in [1.165, 1.54) is 0 Å². The molecular weight excluding hydrogens is 322 g/mol. The fraction of sp³-hybridized carbons (Fsp3) is 1.00. The van der Waals surface area contributed by atoms with Gasteiger partial charge in [-0.15, -0.1) is 0 Å². The van der Waals surface area contributed by atoms with Crippen LogP contribution in [-0.4, -0.2) is 25.2 Å². The molecule has 3 nitrogen and oxygen atoms in total. The molecule has 2 aliphatic carbocycles. The SMILES string of the molecule is O=S(=O)(NP(C1CCCCC1)C1CCCCC1)C(F)(F)F. The van der Waals surface area contributed by atoms with Crippen LogP contribution in [0.25, 0.3) is 0 Å². The molecule has 0 heterocycles. The summed E-state index contributed by atoms with van der Waals surface area (Å²) in [5.74, 6) is 0. The average Bonchev–Trinajstić information content (AvgIpc) is 2.45. The first-order valence-electron chi connectivity index (χ1n) is 7.68. The molecule has 0 aliphatic heterocycles. The second kappa shape index (κ2) is 7.14. The van der Waals surface area contributed by atoms with Gasteiger partial charge in [-0.25, -0.2) is 8.42 Å². The molecule has 0 aromatic rings. The molecule has 0 bridgehead atoms. The highest BCUT2D eigenvalue weighted by atomic mass is 32.2. The van der Waals surface area contributed by atoms with E-state index in [1.807, 2.05) is 0 Å². The zero-order chi connectivity index (χ0) is 15.5. The molecule has 0 unspecified atom stereocenters. The van der Waals surface area contributed by atoms with Crippen LogP contribution in [0.5, 0.6) is 0 Å². The van der Waals surface area contributed by atoms with Gasteiger partial charge in [-0.05, 0) is 45.1 Å². The highest BCUT2D eigenvalue weighted by Gasteiger charge is 2.48. The van der Waals surface area contributed by atoms with E-state index < -0.39 is 23.6 Å². The Bertz CT molecular complexity index is 411. The third-order valence-electron chi connectivity index (χ3n) is 4.47. The number of sulfonamides is 1. The van der Waals surface area contributed by atoms with Gasteiger partial charge in [0.05, 0.1) is 0 Å². The number of halogens is 3. The molecule has 0 spiro atoms. The highest BCUT2D eigenvalue weighted by molar-refractivity contribution is 7.96. The third-order valence-corrected chi connectivity index (χ3v) is 9.49. The highest BCUT2D eigenvalue weighted by Crippen LogP contribution is 2.54. The Labute approximate surface area is 125 Å². The predicted molar refractivity (Wildman–Crippen MR) is 78.8 cm³/mol. The fourth-order valence-corrected chi connectivity index (χ4v) is 8.51. The van der Waals surface area contributed by atoms with Gasteiger partial charge in [0.15, 0.2) is 0 Å². The van der Waals surface area contributed by atoms with E-state index in [2.05, 4.69) is 4.49 Å². The lowest BCUT2D eigenvalue weighted by Crippen LogP contribution is -2.38. The van der Waals surface area contributed by atoms with Gasteiger partial charge in [0.2, 0.25) is 0 Å². The molecule has 0 atom stereocenters. The van der Waals surface area contributed by atoms with Gasteiger partial charge in [-0.2, -0.15) is 17.7 Å². The summed E-state index contributed by atoms with van der Waals surface area (Å²) in [6.07, 6.45) is 9.69. The molecule has 0 aromatic carbocycles. The van der Waals surface area contributed by atoms with Crippen molar-refractivity contribution < 1.29 is 21.6 Å². The Morgan fingerprint density at radius 3 is 1.52 bits per heavy atom. The molecule has 0 saturated heterocycles. The average molecular weight is 345 g/mol. The van der Waals surface area contributed by atoms with Gasteiger partial charge in [-0.3, -0.25) is 0 Å².